The molecule has 0 saturated heterocycles. The molecule has 2 heterocycles. The SMILES string of the molecule is CC(C)(N)c1nc(-c2ccc(F)cn2)no1. The van der Waals surface area contributed by atoms with E-state index in [0.717, 1.165) is 6.20 Å². The van der Waals surface area contributed by atoms with Gasteiger partial charge in [0.25, 0.3) is 0 Å². The first-order chi connectivity index (χ1) is 7.47. The van der Waals surface area contributed by atoms with Crippen LogP contribution in [0.1, 0.15) is 19.7 Å². The molecule has 0 unspecified atom stereocenters. The van der Waals surface area contributed by atoms with Crippen LogP contribution in [0.15, 0.2) is 22.9 Å². The summed E-state index contributed by atoms with van der Waals surface area (Å²) in [4.78, 5) is 7.94. The van der Waals surface area contributed by atoms with Crippen molar-refractivity contribution in [2.45, 2.75) is 19.4 Å². The molecule has 0 fully saturated rings. The van der Waals surface area contributed by atoms with Crippen molar-refractivity contribution < 1.29 is 8.91 Å². The first kappa shape index (κ1) is 10.7. The summed E-state index contributed by atoms with van der Waals surface area (Å²) in [6.07, 6.45) is 1.10. The molecule has 0 atom stereocenters. The van der Waals surface area contributed by atoms with E-state index in [1.807, 2.05) is 0 Å². The van der Waals surface area contributed by atoms with Crippen molar-refractivity contribution in [3.8, 4) is 11.5 Å². The number of pyridine rings is 1. The Morgan fingerprint density at radius 2 is 2.12 bits per heavy atom. The van der Waals surface area contributed by atoms with Crippen molar-refractivity contribution in [1.29, 1.82) is 0 Å². The molecule has 0 saturated carbocycles. The number of hydrogen-bond donors (Lipinski definition) is 1. The number of halogens is 1. The van der Waals surface area contributed by atoms with E-state index >= 15 is 0 Å². The highest BCUT2D eigenvalue weighted by Crippen LogP contribution is 2.18. The van der Waals surface area contributed by atoms with Crippen molar-refractivity contribution >= 4 is 0 Å². The summed E-state index contributed by atoms with van der Waals surface area (Å²) >= 11 is 0. The van der Waals surface area contributed by atoms with E-state index < -0.39 is 11.4 Å². The zero-order chi connectivity index (χ0) is 11.8. The maximum atomic E-state index is 12.7. The first-order valence-corrected chi connectivity index (χ1v) is 4.72. The summed E-state index contributed by atoms with van der Waals surface area (Å²) in [6, 6.07) is 2.76. The molecular formula is C10H11FN4O. The molecule has 0 amide bonds. The van der Waals surface area contributed by atoms with E-state index in [0.29, 0.717) is 17.4 Å². The summed E-state index contributed by atoms with van der Waals surface area (Å²) < 4.78 is 17.6. The summed E-state index contributed by atoms with van der Waals surface area (Å²) in [5.74, 6) is 0.203. The van der Waals surface area contributed by atoms with Crippen LogP contribution in [-0.2, 0) is 5.54 Å². The normalized spacial score (nSPS) is 11.8. The lowest BCUT2D eigenvalue weighted by Crippen LogP contribution is -2.28. The third-order valence-corrected chi connectivity index (χ3v) is 1.93. The molecule has 16 heavy (non-hydrogen) atoms. The molecule has 84 valence electrons. The molecule has 6 heteroatoms. The van der Waals surface area contributed by atoms with E-state index in [1.165, 1.54) is 12.1 Å². The van der Waals surface area contributed by atoms with Crippen LogP contribution in [0.2, 0.25) is 0 Å². The van der Waals surface area contributed by atoms with Crippen molar-refractivity contribution in [2.75, 3.05) is 0 Å². The monoisotopic (exact) mass is 222 g/mol. The van der Waals surface area contributed by atoms with Crippen LogP contribution < -0.4 is 5.73 Å². The van der Waals surface area contributed by atoms with Crippen LogP contribution >= 0.6 is 0 Å². The van der Waals surface area contributed by atoms with Crippen molar-refractivity contribution in [3.63, 3.8) is 0 Å². The third kappa shape index (κ3) is 2.06. The van der Waals surface area contributed by atoms with Gasteiger partial charge in [0.05, 0.1) is 11.7 Å². The van der Waals surface area contributed by atoms with Gasteiger partial charge in [-0.05, 0) is 26.0 Å². The minimum absolute atomic E-state index is 0.300. The van der Waals surface area contributed by atoms with Crippen LogP contribution in [0.5, 0.6) is 0 Å². The molecule has 0 aliphatic heterocycles. The lowest BCUT2D eigenvalue weighted by atomic mass is 10.1. The second-order valence-corrected chi connectivity index (χ2v) is 4.01. The van der Waals surface area contributed by atoms with Crippen molar-refractivity contribution in [1.82, 2.24) is 15.1 Å². The van der Waals surface area contributed by atoms with Crippen molar-refractivity contribution in [2.24, 2.45) is 5.73 Å². The molecule has 0 radical (unpaired) electrons. The van der Waals surface area contributed by atoms with Gasteiger partial charge in [-0.3, -0.25) is 0 Å². The van der Waals surface area contributed by atoms with Crippen LogP contribution in [0, 0.1) is 5.82 Å². The van der Waals surface area contributed by atoms with Gasteiger partial charge in [-0.1, -0.05) is 5.16 Å². The summed E-state index contributed by atoms with van der Waals surface area (Å²) in [5, 5.41) is 3.73. The Labute approximate surface area is 91.5 Å². The van der Waals surface area contributed by atoms with E-state index in [-0.39, 0.29) is 0 Å². The van der Waals surface area contributed by atoms with Crippen LogP contribution in [0.25, 0.3) is 11.5 Å². The zero-order valence-electron chi connectivity index (χ0n) is 8.94. The highest BCUT2D eigenvalue weighted by atomic mass is 19.1. The summed E-state index contributed by atoms with van der Waals surface area (Å²) in [7, 11) is 0. The third-order valence-electron chi connectivity index (χ3n) is 1.93. The maximum Gasteiger partial charge on any atom is 0.246 e. The second kappa shape index (κ2) is 3.64. The maximum absolute atomic E-state index is 12.7. The Morgan fingerprint density at radius 3 is 2.62 bits per heavy atom. The quantitative estimate of drug-likeness (QED) is 0.832. The van der Waals surface area contributed by atoms with Crippen LogP contribution in [0.3, 0.4) is 0 Å². The van der Waals surface area contributed by atoms with Gasteiger partial charge in [0.15, 0.2) is 0 Å². The fourth-order valence-corrected chi connectivity index (χ4v) is 1.10. The average molecular weight is 222 g/mol. The Kier molecular flexibility index (Phi) is 2.43. The van der Waals surface area contributed by atoms with Gasteiger partial charge in [0.1, 0.15) is 11.5 Å². The molecule has 5 nitrogen and oxygen atoms in total. The molecule has 2 aromatic rings. The number of rotatable bonds is 2. The fourth-order valence-electron chi connectivity index (χ4n) is 1.10. The minimum Gasteiger partial charge on any atom is -0.337 e. The van der Waals surface area contributed by atoms with Crippen molar-refractivity contribution in [3.05, 3.63) is 30.0 Å². The van der Waals surface area contributed by atoms with E-state index in [4.69, 9.17) is 10.3 Å². The van der Waals surface area contributed by atoms with Gasteiger partial charge < -0.3 is 10.3 Å². The number of aromatic nitrogens is 3. The standard InChI is InChI=1S/C10H11FN4O/c1-10(2,12)9-14-8(15-16-9)7-4-3-6(11)5-13-7/h3-5H,12H2,1-2H3. The predicted molar refractivity (Wildman–Crippen MR) is 54.7 cm³/mol. The second-order valence-electron chi connectivity index (χ2n) is 4.01. The highest BCUT2D eigenvalue weighted by molar-refractivity contribution is 5.47. The van der Waals surface area contributed by atoms with Gasteiger partial charge in [-0.15, -0.1) is 0 Å². The number of nitrogens with two attached hydrogens (primary N) is 1. The van der Waals surface area contributed by atoms with Gasteiger partial charge in [-0.25, -0.2) is 9.37 Å². The molecule has 2 aromatic heterocycles. The van der Waals surface area contributed by atoms with Gasteiger partial charge in [-0.2, -0.15) is 4.98 Å². The predicted octanol–water partition coefficient (Wildman–Crippen LogP) is 1.46. The smallest absolute Gasteiger partial charge is 0.246 e. The summed E-state index contributed by atoms with van der Waals surface area (Å²) in [6.45, 7) is 3.50. The molecule has 0 aromatic carbocycles. The molecule has 2 N–H and O–H groups in total. The van der Waals surface area contributed by atoms with E-state index in [2.05, 4.69) is 15.1 Å². The van der Waals surface area contributed by atoms with Gasteiger partial charge >= 0.3 is 0 Å². The number of hydrogen-bond acceptors (Lipinski definition) is 5. The topological polar surface area (TPSA) is 77.8 Å². The minimum atomic E-state index is -0.703. The highest BCUT2D eigenvalue weighted by Gasteiger charge is 2.22. The Morgan fingerprint density at radius 1 is 1.38 bits per heavy atom. The summed E-state index contributed by atoms with van der Waals surface area (Å²) in [5.41, 5.74) is 5.54. The zero-order valence-corrected chi connectivity index (χ0v) is 8.94. The van der Waals surface area contributed by atoms with Crippen LogP contribution in [-0.4, -0.2) is 15.1 Å². The Balaban J connectivity index is 2.35. The van der Waals surface area contributed by atoms with Crippen LogP contribution in [0.4, 0.5) is 4.39 Å². The Hall–Kier alpha value is -1.82. The fraction of sp³-hybridized carbons (Fsp3) is 0.300. The van der Waals surface area contributed by atoms with Gasteiger partial charge in [0, 0.05) is 0 Å². The van der Waals surface area contributed by atoms with Gasteiger partial charge in [0.2, 0.25) is 11.7 Å². The lowest BCUT2D eigenvalue weighted by molar-refractivity contribution is 0.312. The molecule has 2 rings (SSSR count). The Bertz CT molecular complexity index is 486. The van der Waals surface area contributed by atoms with E-state index in [1.54, 1.807) is 13.8 Å². The molecule has 0 spiro atoms. The lowest BCUT2D eigenvalue weighted by Gasteiger charge is -2.10. The molecule has 0 aliphatic carbocycles. The first-order valence-electron chi connectivity index (χ1n) is 4.72. The largest absolute Gasteiger partial charge is 0.337 e. The number of nitrogens with zero attached hydrogens (tertiary/aromatic N) is 3. The molecule has 0 bridgehead atoms. The molecule has 0 aliphatic rings. The average Bonchev–Trinajstić information content (AvgIpc) is 2.67. The molecular weight excluding hydrogens is 211 g/mol. The van der Waals surface area contributed by atoms with E-state index in [9.17, 15) is 4.39 Å².